The normalized spacial score (nSPS) is 12.5. The average molecular weight is 327 g/mol. The Kier molecular flexibility index (Phi) is 3.58. The average Bonchev–Trinajstić information content (AvgIpc) is 2.66. The van der Waals surface area contributed by atoms with E-state index in [2.05, 4.69) is 11.6 Å². The largest absolute Gasteiger partial charge is 0.299 e. The minimum atomic E-state index is -0.551. The highest BCUT2D eigenvalue weighted by Crippen LogP contribution is 2.30. The van der Waals surface area contributed by atoms with E-state index >= 15 is 0 Å². The monoisotopic (exact) mass is 327 g/mol. The Morgan fingerprint density at radius 2 is 1.72 bits per heavy atom. The van der Waals surface area contributed by atoms with Crippen molar-refractivity contribution in [2.24, 2.45) is 0 Å². The molecule has 1 aromatic carbocycles. The lowest BCUT2D eigenvalue weighted by molar-refractivity contribution is -0.689. The molecule has 0 atom stereocenters. The van der Waals surface area contributed by atoms with Crippen LogP contribution in [0, 0.1) is 0 Å². The molecule has 0 spiro atoms. The number of rotatable bonds is 3. The Bertz CT molecular complexity index is 1020. The molecule has 0 saturated carbocycles. The van der Waals surface area contributed by atoms with E-state index in [9.17, 15) is 9.59 Å². The van der Waals surface area contributed by atoms with Crippen LogP contribution in [0.1, 0.15) is 32.1 Å². The Hall–Kier alpha value is -3.40. The van der Waals surface area contributed by atoms with Gasteiger partial charge in [-0.1, -0.05) is 43.0 Å². The van der Waals surface area contributed by atoms with Gasteiger partial charge in [0.05, 0.1) is 5.56 Å². The number of Topliss-reactive ketones (excluding diaryl/α,β-unsaturated/α-hetero) is 2. The Labute approximate surface area is 145 Å². The third-order valence-electron chi connectivity index (χ3n) is 4.37. The van der Waals surface area contributed by atoms with Gasteiger partial charge in [-0.3, -0.25) is 14.6 Å². The van der Waals surface area contributed by atoms with Crippen molar-refractivity contribution >= 4 is 17.6 Å². The zero-order chi connectivity index (χ0) is 17.4. The molecular formula is C21H15N2O2+. The molecular weight excluding hydrogens is 312 g/mol. The molecule has 0 aliphatic heterocycles. The van der Waals surface area contributed by atoms with Gasteiger partial charge in [-0.25, -0.2) is 0 Å². The third kappa shape index (κ3) is 2.48. The minimum absolute atomic E-state index is 0.230. The summed E-state index contributed by atoms with van der Waals surface area (Å²) >= 11 is 0. The van der Waals surface area contributed by atoms with E-state index in [0.717, 1.165) is 16.7 Å². The Balaban J connectivity index is 1.83. The maximum absolute atomic E-state index is 12.7. The number of carbonyl (C=O) groups excluding carboxylic acids is 2. The highest BCUT2D eigenvalue weighted by Gasteiger charge is 2.38. The lowest BCUT2D eigenvalue weighted by Crippen LogP contribution is -2.44. The van der Waals surface area contributed by atoms with Gasteiger partial charge in [0, 0.05) is 23.4 Å². The summed E-state index contributed by atoms with van der Waals surface area (Å²) in [5, 5.41) is 0. The highest BCUT2D eigenvalue weighted by atomic mass is 16.2. The molecule has 0 saturated heterocycles. The van der Waals surface area contributed by atoms with Crippen molar-refractivity contribution < 1.29 is 14.2 Å². The van der Waals surface area contributed by atoms with Crippen LogP contribution in [0.15, 0.2) is 67.5 Å². The molecule has 25 heavy (non-hydrogen) atoms. The van der Waals surface area contributed by atoms with E-state index < -0.39 is 11.6 Å². The fraction of sp³-hybridized carbons (Fsp3) is 0.0476. The van der Waals surface area contributed by atoms with Gasteiger partial charge in [-0.15, -0.1) is 0 Å². The number of ketones is 2. The summed E-state index contributed by atoms with van der Waals surface area (Å²) in [5.41, 5.74) is 4.18. The summed E-state index contributed by atoms with van der Waals surface area (Å²) in [4.78, 5) is 29.2. The first-order chi connectivity index (χ1) is 12.2. The lowest BCUT2D eigenvalue weighted by atomic mass is 9.90. The number of hydrogen-bond donors (Lipinski definition) is 0. The van der Waals surface area contributed by atoms with Crippen LogP contribution in [0.5, 0.6) is 0 Å². The zero-order valence-electron chi connectivity index (χ0n) is 13.5. The Morgan fingerprint density at radius 1 is 0.960 bits per heavy atom. The van der Waals surface area contributed by atoms with Crippen molar-refractivity contribution in [3.63, 3.8) is 0 Å². The fourth-order valence-corrected chi connectivity index (χ4v) is 3.13. The van der Waals surface area contributed by atoms with Gasteiger partial charge in [0.2, 0.25) is 0 Å². The summed E-state index contributed by atoms with van der Waals surface area (Å²) in [5.74, 6) is -1.06. The standard InChI is InChI=1S/C21H15N2O2/c1-2-14-7-9-15(10-8-14)13-23-12-4-6-17-16-5-3-11-22-18(16)20(24)21(25)19(17)23/h2-12H,1,13H2/q+1. The number of nitrogens with zero attached hydrogens (tertiary/aromatic N) is 2. The van der Waals surface area contributed by atoms with Gasteiger partial charge in [0.25, 0.3) is 17.3 Å². The summed E-state index contributed by atoms with van der Waals surface area (Å²) < 4.78 is 1.83. The quantitative estimate of drug-likeness (QED) is 0.549. The van der Waals surface area contributed by atoms with Crippen LogP contribution in [0.2, 0.25) is 0 Å². The van der Waals surface area contributed by atoms with Crippen LogP contribution in [0.25, 0.3) is 17.2 Å². The molecule has 0 amide bonds. The van der Waals surface area contributed by atoms with Crippen LogP contribution >= 0.6 is 0 Å². The molecule has 0 bridgehead atoms. The second-order valence-electron chi connectivity index (χ2n) is 5.90. The molecule has 2 heterocycles. The molecule has 3 aromatic rings. The SMILES string of the molecule is C=Cc1ccc(C[n+]2cccc3c2C(=O)C(=O)c2ncccc2-3)cc1. The molecule has 4 rings (SSSR count). The van der Waals surface area contributed by atoms with Gasteiger partial charge in [0.1, 0.15) is 5.69 Å². The molecule has 4 heteroatoms. The van der Waals surface area contributed by atoms with Crippen molar-refractivity contribution in [2.75, 3.05) is 0 Å². The zero-order valence-corrected chi connectivity index (χ0v) is 13.5. The number of fused-ring (bicyclic) bond motifs is 3. The topological polar surface area (TPSA) is 50.9 Å². The summed E-state index contributed by atoms with van der Waals surface area (Å²) in [6, 6.07) is 15.3. The second kappa shape index (κ2) is 5.91. The lowest BCUT2D eigenvalue weighted by Gasteiger charge is -2.15. The summed E-state index contributed by atoms with van der Waals surface area (Å²) in [6.45, 7) is 4.26. The van der Waals surface area contributed by atoms with Crippen molar-refractivity contribution in [1.82, 2.24) is 4.98 Å². The van der Waals surface area contributed by atoms with Gasteiger partial charge < -0.3 is 0 Å². The summed E-state index contributed by atoms with van der Waals surface area (Å²) in [6.07, 6.45) is 5.15. The van der Waals surface area contributed by atoms with E-state index in [1.165, 1.54) is 6.20 Å². The fourth-order valence-electron chi connectivity index (χ4n) is 3.13. The Morgan fingerprint density at radius 3 is 2.48 bits per heavy atom. The predicted octanol–water partition coefficient (Wildman–Crippen LogP) is 3.11. The predicted molar refractivity (Wildman–Crippen MR) is 94.2 cm³/mol. The summed E-state index contributed by atoms with van der Waals surface area (Å²) in [7, 11) is 0. The molecule has 1 aliphatic rings. The maximum Gasteiger partial charge on any atom is 0.299 e. The van der Waals surface area contributed by atoms with Crippen LogP contribution in [0.4, 0.5) is 0 Å². The molecule has 0 radical (unpaired) electrons. The van der Waals surface area contributed by atoms with Gasteiger partial charge in [0.15, 0.2) is 12.7 Å². The third-order valence-corrected chi connectivity index (χ3v) is 4.37. The van der Waals surface area contributed by atoms with E-state index in [1.54, 1.807) is 12.1 Å². The van der Waals surface area contributed by atoms with E-state index in [1.807, 2.05) is 53.2 Å². The number of carbonyl (C=O) groups is 2. The molecule has 4 nitrogen and oxygen atoms in total. The number of hydrogen-bond acceptors (Lipinski definition) is 3. The highest BCUT2D eigenvalue weighted by molar-refractivity contribution is 6.51. The van der Waals surface area contributed by atoms with Gasteiger partial charge >= 0.3 is 0 Å². The number of aromatic nitrogens is 2. The smallest absolute Gasteiger partial charge is 0.283 e. The van der Waals surface area contributed by atoms with E-state index in [-0.39, 0.29) is 5.69 Å². The van der Waals surface area contributed by atoms with Crippen molar-refractivity contribution in [2.45, 2.75) is 6.54 Å². The molecule has 120 valence electrons. The maximum atomic E-state index is 12.7. The van der Waals surface area contributed by atoms with Gasteiger partial charge in [-0.05, 0) is 17.7 Å². The number of benzene rings is 1. The van der Waals surface area contributed by atoms with Crippen LogP contribution in [0.3, 0.4) is 0 Å². The minimum Gasteiger partial charge on any atom is -0.283 e. The van der Waals surface area contributed by atoms with Crippen LogP contribution < -0.4 is 4.57 Å². The second-order valence-corrected chi connectivity index (χ2v) is 5.90. The first kappa shape index (κ1) is 15.1. The van der Waals surface area contributed by atoms with Crippen molar-refractivity contribution in [1.29, 1.82) is 0 Å². The van der Waals surface area contributed by atoms with Crippen LogP contribution in [-0.2, 0) is 6.54 Å². The molecule has 2 aromatic heterocycles. The molecule has 0 N–H and O–H groups in total. The molecule has 1 aliphatic carbocycles. The molecule has 0 unspecified atom stereocenters. The van der Waals surface area contributed by atoms with Crippen molar-refractivity contribution in [3.05, 3.63) is 90.0 Å². The van der Waals surface area contributed by atoms with E-state index in [4.69, 9.17) is 0 Å². The number of pyridine rings is 2. The van der Waals surface area contributed by atoms with Gasteiger partial charge in [-0.2, -0.15) is 4.57 Å². The van der Waals surface area contributed by atoms with Crippen LogP contribution in [-0.4, -0.2) is 16.6 Å². The first-order valence-corrected chi connectivity index (χ1v) is 7.97. The molecule has 0 fully saturated rings. The first-order valence-electron chi connectivity index (χ1n) is 7.97. The van der Waals surface area contributed by atoms with Crippen molar-refractivity contribution in [3.8, 4) is 11.1 Å². The van der Waals surface area contributed by atoms with E-state index in [0.29, 0.717) is 17.8 Å².